The summed E-state index contributed by atoms with van der Waals surface area (Å²) >= 11 is 0. The van der Waals surface area contributed by atoms with E-state index in [2.05, 4.69) is 10.3 Å². The second-order valence-corrected chi connectivity index (χ2v) is 3.86. The SMILES string of the molecule is CCCOc1ccc(CNC(=O)C(C)N)cn1.Cl. The first-order valence-electron chi connectivity index (χ1n) is 5.74. The fourth-order valence-corrected chi connectivity index (χ4v) is 1.16. The molecular weight excluding hydrogens is 254 g/mol. The number of carbonyl (C=O) groups excluding carboxylic acids is 1. The monoisotopic (exact) mass is 273 g/mol. The van der Waals surface area contributed by atoms with Crippen LogP contribution in [-0.4, -0.2) is 23.5 Å². The fourth-order valence-electron chi connectivity index (χ4n) is 1.16. The number of hydrogen-bond acceptors (Lipinski definition) is 4. The van der Waals surface area contributed by atoms with Crippen LogP contribution in [-0.2, 0) is 11.3 Å². The number of nitrogens with one attached hydrogen (secondary N) is 1. The molecule has 1 heterocycles. The highest BCUT2D eigenvalue weighted by atomic mass is 35.5. The number of hydrogen-bond donors (Lipinski definition) is 2. The largest absolute Gasteiger partial charge is 0.478 e. The van der Waals surface area contributed by atoms with Crippen molar-refractivity contribution in [3.05, 3.63) is 23.9 Å². The lowest BCUT2D eigenvalue weighted by atomic mass is 10.2. The molecule has 102 valence electrons. The van der Waals surface area contributed by atoms with Gasteiger partial charge in [0.15, 0.2) is 0 Å². The molecule has 0 aliphatic heterocycles. The van der Waals surface area contributed by atoms with Crippen molar-refractivity contribution in [2.75, 3.05) is 6.61 Å². The molecule has 0 fully saturated rings. The van der Waals surface area contributed by atoms with Gasteiger partial charge in [-0.05, 0) is 18.9 Å². The first kappa shape index (κ1) is 16.7. The zero-order chi connectivity index (χ0) is 12.7. The molecule has 0 saturated carbocycles. The Kier molecular flexibility index (Phi) is 8.07. The van der Waals surface area contributed by atoms with Crippen molar-refractivity contribution < 1.29 is 9.53 Å². The minimum Gasteiger partial charge on any atom is -0.478 e. The van der Waals surface area contributed by atoms with E-state index in [-0.39, 0.29) is 18.3 Å². The molecule has 0 aliphatic carbocycles. The lowest BCUT2D eigenvalue weighted by molar-refractivity contribution is -0.122. The third-order valence-corrected chi connectivity index (χ3v) is 2.13. The van der Waals surface area contributed by atoms with Crippen LogP contribution < -0.4 is 15.8 Å². The molecule has 5 nitrogen and oxygen atoms in total. The van der Waals surface area contributed by atoms with Crippen molar-refractivity contribution in [1.29, 1.82) is 0 Å². The summed E-state index contributed by atoms with van der Waals surface area (Å²) in [5.41, 5.74) is 6.35. The maximum Gasteiger partial charge on any atom is 0.236 e. The van der Waals surface area contributed by atoms with Gasteiger partial charge in [0, 0.05) is 18.8 Å². The molecular formula is C12H20ClN3O2. The van der Waals surface area contributed by atoms with Crippen molar-refractivity contribution in [1.82, 2.24) is 10.3 Å². The van der Waals surface area contributed by atoms with Crippen LogP contribution >= 0.6 is 12.4 Å². The summed E-state index contributed by atoms with van der Waals surface area (Å²) in [7, 11) is 0. The summed E-state index contributed by atoms with van der Waals surface area (Å²) in [6.07, 6.45) is 2.64. The maximum absolute atomic E-state index is 11.2. The van der Waals surface area contributed by atoms with Gasteiger partial charge in [0.05, 0.1) is 12.6 Å². The van der Waals surface area contributed by atoms with Crippen LogP contribution in [0.25, 0.3) is 0 Å². The van der Waals surface area contributed by atoms with Crippen molar-refractivity contribution in [3.63, 3.8) is 0 Å². The molecule has 0 saturated heterocycles. The molecule has 0 bridgehead atoms. The van der Waals surface area contributed by atoms with Crippen LogP contribution in [0.5, 0.6) is 5.88 Å². The summed E-state index contributed by atoms with van der Waals surface area (Å²) < 4.78 is 5.36. The van der Waals surface area contributed by atoms with E-state index in [1.807, 2.05) is 13.0 Å². The Balaban J connectivity index is 0.00000289. The minimum atomic E-state index is -0.491. The first-order chi connectivity index (χ1) is 8.13. The topological polar surface area (TPSA) is 77.2 Å². The van der Waals surface area contributed by atoms with Crippen LogP contribution in [0.3, 0.4) is 0 Å². The maximum atomic E-state index is 11.2. The molecule has 0 aliphatic rings. The van der Waals surface area contributed by atoms with Gasteiger partial charge in [0.2, 0.25) is 11.8 Å². The van der Waals surface area contributed by atoms with E-state index in [0.29, 0.717) is 19.0 Å². The molecule has 0 aromatic carbocycles. The lowest BCUT2D eigenvalue weighted by Gasteiger charge is -2.08. The van der Waals surface area contributed by atoms with Gasteiger partial charge in [-0.15, -0.1) is 12.4 Å². The van der Waals surface area contributed by atoms with E-state index >= 15 is 0 Å². The van der Waals surface area contributed by atoms with Gasteiger partial charge < -0.3 is 15.8 Å². The molecule has 1 aromatic heterocycles. The Labute approximate surface area is 114 Å². The fraction of sp³-hybridized carbons (Fsp3) is 0.500. The molecule has 1 rings (SSSR count). The Morgan fingerprint density at radius 2 is 2.28 bits per heavy atom. The van der Waals surface area contributed by atoms with Crippen LogP contribution in [0.1, 0.15) is 25.8 Å². The highest BCUT2D eigenvalue weighted by Gasteiger charge is 2.06. The predicted molar refractivity (Wildman–Crippen MR) is 72.8 cm³/mol. The summed E-state index contributed by atoms with van der Waals surface area (Å²) in [5.74, 6) is 0.436. The Bertz CT molecular complexity index is 355. The second kappa shape index (κ2) is 8.72. The van der Waals surface area contributed by atoms with Crippen molar-refractivity contribution >= 4 is 18.3 Å². The first-order valence-corrected chi connectivity index (χ1v) is 5.74. The van der Waals surface area contributed by atoms with Crippen LogP contribution in [0.4, 0.5) is 0 Å². The van der Waals surface area contributed by atoms with E-state index in [4.69, 9.17) is 10.5 Å². The smallest absolute Gasteiger partial charge is 0.236 e. The zero-order valence-electron chi connectivity index (χ0n) is 10.7. The van der Waals surface area contributed by atoms with Crippen molar-refractivity contribution in [2.45, 2.75) is 32.9 Å². The molecule has 3 N–H and O–H groups in total. The average Bonchev–Trinajstić information content (AvgIpc) is 2.34. The molecule has 6 heteroatoms. The van der Waals surface area contributed by atoms with Gasteiger partial charge in [0.25, 0.3) is 0 Å². The number of halogens is 1. The van der Waals surface area contributed by atoms with Crippen LogP contribution in [0.2, 0.25) is 0 Å². The quantitative estimate of drug-likeness (QED) is 0.818. The molecule has 1 unspecified atom stereocenters. The molecule has 1 atom stereocenters. The summed E-state index contributed by atoms with van der Waals surface area (Å²) in [6.45, 7) is 4.78. The average molecular weight is 274 g/mol. The lowest BCUT2D eigenvalue weighted by Crippen LogP contribution is -2.37. The summed E-state index contributed by atoms with van der Waals surface area (Å²) in [5, 5.41) is 2.72. The standard InChI is InChI=1S/C12H19N3O2.ClH/c1-3-6-17-11-5-4-10(7-14-11)8-15-12(16)9(2)13;/h4-5,7,9H,3,6,8,13H2,1-2H3,(H,15,16);1H. The highest BCUT2D eigenvalue weighted by molar-refractivity contribution is 5.85. The van der Waals surface area contributed by atoms with E-state index in [1.165, 1.54) is 0 Å². The van der Waals surface area contributed by atoms with Gasteiger partial charge in [-0.3, -0.25) is 4.79 Å². The molecule has 18 heavy (non-hydrogen) atoms. The minimum absolute atomic E-state index is 0. The second-order valence-electron chi connectivity index (χ2n) is 3.86. The Morgan fingerprint density at radius 3 is 2.78 bits per heavy atom. The number of pyridine rings is 1. The molecule has 0 spiro atoms. The Hall–Kier alpha value is -1.33. The van der Waals surface area contributed by atoms with Gasteiger partial charge in [-0.25, -0.2) is 4.98 Å². The number of nitrogens with zero attached hydrogens (tertiary/aromatic N) is 1. The third-order valence-electron chi connectivity index (χ3n) is 2.13. The van der Waals surface area contributed by atoms with Crippen LogP contribution in [0, 0.1) is 0 Å². The molecule has 0 radical (unpaired) electrons. The number of nitrogens with two attached hydrogens (primary N) is 1. The van der Waals surface area contributed by atoms with Crippen LogP contribution in [0.15, 0.2) is 18.3 Å². The summed E-state index contributed by atoms with van der Waals surface area (Å²) in [6, 6.07) is 3.18. The number of amides is 1. The number of carbonyl (C=O) groups is 1. The predicted octanol–water partition coefficient (Wildman–Crippen LogP) is 1.26. The van der Waals surface area contributed by atoms with E-state index < -0.39 is 6.04 Å². The normalized spacial score (nSPS) is 11.3. The van der Waals surface area contributed by atoms with Crippen molar-refractivity contribution in [2.24, 2.45) is 5.73 Å². The van der Waals surface area contributed by atoms with Gasteiger partial charge >= 0.3 is 0 Å². The summed E-state index contributed by atoms with van der Waals surface area (Å²) in [4.78, 5) is 15.4. The highest BCUT2D eigenvalue weighted by Crippen LogP contribution is 2.07. The molecule has 1 aromatic rings. The van der Waals surface area contributed by atoms with E-state index in [0.717, 1.165) is 12.0 Å². The number of aromatic nitrogens is 1. The van der Waals surface area contributed by atoms with Gasteiger partial charge in [-0.1, -0.05) is 13.0 Å². The van der Waals surface area contributed by atoms with E-state index in [9.17, 15) is 4.79 Å². The van der Waals surface area contributed by atoms with Crippen molar-refractivity contribution in [3.8, 4) is 5.88 Å². The zero-order valence-corrected chi connectivity index (χ0v) is 11.5. The number of rotatable bonds is 6. The Morgan fingerprint density at radius 1 is 1.56 bits per heavy atom. The third kappa shape index (κ3) is 5.84. The van der Waals surface area contributed by atoms with Gasteiger partial charge in [0.1, 0.15) is 0 Å². The van der Waals surface area contributed by atoms with E-state index in [1.54, 1.807) is 19.2 Å². The molecule has 1 amide bonds. The number of ether oxygens (including phenoxy) is 1. The van der Waals surface area contributed by atoms with Gasteiger partial charge in [-0.2, -0.15) is 0 Å².